The van der Waals surface area contributed by atoms with Gasteiger partial charge in [-0.05, 0) is 64.7 Å². The fourth-order valence-corrected chi connectivity index (χ4v) is 8.83. The molecule has 0 unspecified atom stereocenters. The van der Waals surface area contributed by atoms with E-state index in [-0.39, 0.29) is 17.6 Å². The molecule has 290 valence electrons. The average Bonchev–Trinajstić information content (AvgIpc) is 3.91. The van der Waals surface area contributed by atoms with Crippen LogP contribution >= 0.6 is 0 Å². The number of benzene rings is 9. The first-order valence-electron chi connectivity index (χ1n) is 23.0. The molecule has 0 saturated carbocycles. The second kappa shape index (κ2) is 14.7. The predicted molar refractivity (Wildman–Crippen MR) is 256 cm³/mol. The maximum atomic E-state index is 9.19. The van der Waals surface area contributed by atoms with Gasteiger partial charge in [-0.1, -0.05) is 182 Å². The molecular weight excluding hydrogens is 755 g/mol. The van der Waals surface area contributed by atoms with Gasteiger partial charge in [0.25, 0.3) is 0 Å². The van der Waals surface area contributed by atoms with E-state index in [0.29, 0.717) is 34.3 Å². The molecule has 0 aliphatic carbocycles. The maximum Gasteiger partial charge on any atom is 0.164 e. The number of hydrogen-bond acceptors (Lipinski definition) is 3. The molecule has 12 aromatic rings. The average molecular weight is 797 g/mol. The summed E-state index contributed by atoms with van der Waals surface area (Å²) in [6.07, 6.45) is 0. The van der Waals surface area contributed by atoms with Gasteiger partial charge in [0, 0.05) is 43.9 Å². The third-order valence-electron chi connectivity index (χ3n) is 11.6. The lowest BCUT2D eigenvalue weighted by molar-refractivity contribution is 1.07. The van der Waals surface area contributed by atoms with Crippen molar-refractivity contribution in [1.82, 2.24) is 24.1 Å². The highest BCUT2D eigenvalue weighted by atomic mass is 15.1. The number of rotatable bonds is 7. The molecule has 5 nitrogen and oxygen atoms in total. The van der Waals surface area contributed by atoms with Crippen LogP contribution in [-0.2, 0) is 0 Å². The highest BCUT2D eigenvalue weighted by Gasteiger charge is 2.22. The zero-order valence-electron chi connectivity index (χ0n) is 38.2. The molecule has 0 spiro atoms. The Kier molecular flexibility index (Phi) is 7.25. The van der Waals surface area contributed by atoms with Crippen molar-refractivity contribution in [2.75, 3.05) is 0 Å². The normalized spacial score (nSPS) is 12.7. The summed E-state index contributed by atoms with van der Waals surface area (Å²) >= 11 is 0. The summed E-state index contributed by atoms with van der Waals surface area (Å²) in [4.78, 5) is 15.3. The van der Waals surface area contributed by atoms with Crippen LogP contribution in [0.25, 0.3) is 111 Å². The summed E-state index contributed by atoms with van der Waals surface area (Å²) in [5.74, 6) is 1.28. The van der Waals surface area contributed by atoms with Gasteiger partial charge in [-0.3, -0.25) is 0 Å². The van der Waals surface area contributed by atoms with Crippen molar-refractivity contribution in [3.05, 3.63) is 224 Å². The van der Waals surface area contributed by atoms with Gasteiger partial charge in [-0.2, -0.15) is 0 Å². The summed E-state index contributed by atoms with van der Waals surface area (Å²) in [6.45, 7) is 0. The lowest BCUT2D eigenvalue weighted by atomic mass is 10.0. The zero-order valence-corrected chi connectivity index (χ0v) is 33.2. The molecule has 5 heteroatoms. The Hall–Kier alpha value is -8.41. The molecular formula is C57H37N5. The van der Waals surface area contributed by atoms with Crippen molar-refractivity contribution in [3.63, 3.8) is 0 Å². The number of para-hydroxylation sites is 4. The molecule has 3 heterocycles. The van der Waals surface area contributed by atoms with Crippen molar-refractivity contribution in [2.45, 2.75) is 0 Å². The van der Waals surface area contributed by atoms with Gasteiger partial charge in [-0.15, -0.1) is 0 Å². The van der Waals surface area contributed by atoms with Crippen molar-refractivity contribution in [1.29, 1.82) is 0 Å². The first-order valence-corrected chi connectivity index (χ1v) is 20.5. The van der Waals surface area contributed by atoms with E-state index in [1.165, 1.54) is 0 Å². The molecule has 3 aromatic heterocycles. The van der Waals surface area contributed by atoms with Crippen molar-refractivity contribution < 1.29 is 6.85 Å². The summed E-state index contributed by atoms with van der Waals surface area (Å²) in [5.41, 5.74) is 10.4. The molecule has 0 atom stereocenters. The standard InChI is InChI=1S/C57H37N5/c1-4-17-38(18-5-1)40-31-33-42(34-32-40)56-58-55(41-21-8-3-9-22-41)59-57(60-56)44-35-43(39-19-6-2-7-20-39)36-45(37-44)61-50-27-13-12-25-48(50)49-26-16-30-53(54(49)61)62-51-28-14-10-23-46(51)47-24-11-15-29-52(47)62/h1-37H/i2D,6D,7D,19D,20D. The van der Waals surface area contributed by atoms with Crippen LogP contribution in [-0.4, -0.2) is 24.1 Å². The van der Waals surface area contributed by atoms with E-state index in [4.69, 9.17) is 19.1 Å². The zero-order chi connectivity index (χ0) is 45.3. The lowest BCUT2D eigenvalue weighted by Crippen LogP contribution is -2.03. The lowest BCUT2D eigenvalue weighted by Gasteiger charge is -2.17. The molecule has 0 aliphatic heterocycles. The first-order chi connectivity index (χ1) is 32.8. The van der Waals surface area contributed by atoms with Crippen LogP contribution in [0.15, 0.2) is 224 Å². The molecule has 0 amide bonds. The van der Waals surface area contributed by atoms with Gasteiger partial charge in [-0.25, -0.2) is 15.0 Å². The topological polar surface area (TPSA) is 48.5 Å². The number of nitrogens with zero attached hydrogens (tertiary/aromatic N) is 5. The molecule has 0 bridgehead atoms. The van der Waals surface area contributed by atoms with Gasteiger partial charge in [0.15, 0.2) is 17.5 Å². The van der Waals surface area contributed by atoms with Crippen molar-refractivity contribution >= 4 is 43.6 Å². The van der Waals surface area contributed by atoms with E-state index >= 15 is 0 Å². The van der Waals surface area contributed by atoms with Crippen molar-refractivity contribution in [2.24, 2.45) is 0 Å². The quantitative estimate of drug-likeness (QED) is 0.161. The smallest absolute Gasteiger partial charge is 0.164 e. The highest BCUT2D eigenvalue weighted by Crippen LogP contribution is 2.41. The molecule has 62 heavy (non-hydrogen) atoms. The fraction of sp³-hybridized carbons (Fsp3) is 0. The van der Waals surface area contributed by atoms with Gasteiger partial charge < -0.3 is 9.13 Å². The van der Waals surface area contributed by atoms with Gasteiger partial charge in [0.2, 0.25) is 0 Å². The van der Waals surface area contributed by atoms with E-state index in [1.54, 1.807) is 0 Å². The molecule has 12 rings (SSSR count). The predicted octanol–water partition coefficient (Wildman–Crippen LogP) is 14.4. The molecule has 0 N–H and O–H groups in total. The molecule has 0 saturated heterocycles. The summed E-state index contributed by atoms with van der Waals surface area (Å²) in [6, 6.07) is 63.5. The third kappa shape index (κ3) is 5.98. The first kappa shape index (κ1) is 30.6. The Morgan fingerprint density at radius 1 is 0.323 bits per heavy atom. The largest absolute Gasteiger partial charge is 0.307 e. The minimum absolute atomic E-state index is 0.0755. The van der Waals surface area contributed by atoms with E-state index < -0.39 is 18.1 Å². The minimum Gasteiger partial charge on any atom is -0.307 e. The van der Waals surface area contributed by atoms with Gasteiger partial charge in [0.1, 0.15) is 0 Å². The van der Waals surface area contributed by atoms with Crippen LogP contribution in [0.1, 0.15) is 6.85 Å². The summed E-state index contributed by atoms with van der Waals surface area (Å²) < 4.78 is 48.8. The second-order valence-electron chi connectivity index (χ2n) is 15.3. The number of hydrogen-bond donors (Lipinski definition) is 0. The minimum atomic E-state index is -0.457. The Labute approximate surface area is 365 Å². The summed E-state index contributed by atoms with van der Waals surface area (Å²) in [5, 5.41) is 4.33. The maximum absolute atomic E-state index is 9.19. The molecule has 0 radical (unpaired) electrons. The van der Waals surface area contributed by atoms with Crippen molar-refractivity contribution in [3.8, 4) is 67.8 Å². The van der Waals surface area contributed by atoms with E-state index in [9.17, 15) is 2.74 Å². The van der Waals surface area contributed by atoms with Crippen LogP contribution in [0, 0.1) is 0 Å². The summed E-state index contributed by atoms with van der Waals surface area (Å²) in [7, 11) is 0. The molecule has 0 fully saturated rings. The van der Waals surface area contributed by atoms with Crippen LogP contribution < -0.4 is 0 Å². The van der Waals surface area contributed by atoms with E-state index in [0.717, 1.165) is 71.6 Å². The Morgan fingerprint density at radius 3 is 1.40 bits per heavy atom. The van der Waals surface area contributed by atoms with Crippen LogP contribution in [0.2, 0.25) is 0 Å². The fourth-order valence-electron chi connectivity index (χ4n) is 8.83. The molecule has 0 aliphatic rings. The van der Waals surface area contributed by atoms with Gasteiger partial charge in [0.05, 0.1) is 34.6 Å². The van der Waals surface area contributed by atoms with Gasteiger partial charge >= 0.3 is 0 Å². The SMILES string of the molecule is [2H]c1c([2H])c([2H])c(-c2cc(-c3nc(-c4ccccc4)nc(-c4ccc(-c5ccccc5)cc4)n3)cc(-n3c4ccccc4c4cccc(-n5c6ccccc6c6ccccc65)c43)c2)c([2H])c1[2H]. The third-order valence-corrected chi connectivity index (χ3v) is 11.6. The second-order valence-corrected chi connectivity index (χ2v) is 15.3. The highest BCUT2D eigenvalue weighted by molar-refractivity contribution is 6.15. The Bertz CT molecular complexity index is 3840. The monoisotopic (exact) mass is 796 g/mol. The molecule has 9 aromatic carbocycles. The van der Waals surface area contributed by atoms with E-state index in [1.807, 2.05) is 91.0 Å². The number of fused-ring (bicyclic) bond motifs is 6. The Morgan fingerprint density at radius 2 is 0.774 bits per heavy atom. The van der Waals surface area contributed by atoms with E-state index in [2.05, 4.69) is 112 Å². The Balaban J connectivity index is 1.16. The number of aromatic nitrogens is 5. The van der Waals surface area contributed by atoms with Crippen LogP contribution in [0.5, 0.6) is 0 Å². The van der Waals surface area contributed by atoms with Crippen LogP contribution in [0.4, 0.5) is 0 Å². The van der Waals surface area contributed by atoms with Crippen LogP contribution in [0.3, 0.4) is 0 Å².